The number of nitrogens with zero attached hydrogens (tertiary/aromatic N) is 1. The maximum Gasteiger partial charge on any atom is 0.294 e. The monoisotopic (exact) mass is 426 g/mol. The lowest BCUT2D eigenvalue weighted by molar-refractivity contribution is -0.127. The summed E-state index contributed by atoms with van der Waals surface area (Å²) in [4.78, 5) is 38.5. The molecule has 2 aromatic rings. The quantitative estimate of drug-likeness (QED) is 0.638. The minimum atomic E-state index is -0.482. The first-order valence-corrected chi connectivity index (χ1v) is 10.3. The van der Waals surface area contributed by atoms with Crippen molar-refractivity contribution in [2.75, 3.05) is 25.1 Å². The highest BCUT2D eigenvalue weighted by atomic mass is 32.2. The lowest BCUT2D eigenvalue weighted by Crippen LogP contribution is -2.36. The maximum absolute atomic E-state index is 12.6. The molecule has 2 aromatic carbocycles. The molecule has 0 saturated carbocycles. The molecule has 30 heavy (non-hydrogen) atoms. The van der Waals surface area contributed by atoms with E-state index in [0.717, 1.165) is 22.2 Å². The third-order valence-electron chi connectivity index (χ3n) is 4.10. The topological polar surface area (TPSA) is 84.9 Å². The summed E-state index contributed by atoms with van der Waals surface area (Å²) in [6, 6.07) is 14.3. The zero-order chi connectivity index (χ0) is 21.5. The van der Waals surface area contributed by atoms with E-state index in [-0.39, 0.29) is 6.54 Å². The van der Waals surface area contributed by atoms with Gasteiger partial charge < -0.3 is 14.8 Å². The second-order valence-corrected chi connectivity index (χ2v) is 7.25. The molecule has 1 aliphatic rings. The van der Waals surface area contributed by atoms with E-state index in [1.54, 1.807) is 24.3 Å². The lowest BCUT2D eigenvalue weighted by atomic mass is 10.2. The number of carbonyl (C=O) groups is 3. The van der Waals surface area contributed by atoms with Gasteiger partial charge in [0.15, 0.2) is 11.5 Å². The van der Waals surface area contributed by atoms with Gasteiger partial charge in [-0.2, -0.15) is 0 Å². The van der Waals surface area contributed by atoms with Gasteiger partial charge in [0.05, 0.1) is 18.1 Å². The SMILES string of the molecule is CCOc1ccc(NC(=O)CN2C(=O)S/C(=C/c3ccccc3)C2=O)cc1OCC. The summed E-state index contributed by atoms with van der Waals surface area (Å²) in [5.74, 6) is 0.124. The number of benzene rings is 2. The maximum atomic E-state index is 12.6. The Morgan fingerprint density at radius 2 is 1.73 bits per heavy atom. The molecule has 0 aliphatic carbocycles. The van der Waals surface area contributed by atoms with Crippen LogP contribution in [0.1, 0.15) is 19.4 Å². The minimum Gasteiger partial charge on any atom is -0.490 e. The first-order chi connectivity index (χ1) is 14.5. The van der Waals surface area contributed by atoms with Crippen molar-refractivity contribution in [3.05, 3.63) is 59.0 Å². The van der Waals surface area contributed by atoms with Crippen LogP contribution < -0.4 is 14.8 Å². The van der Waals surface area contributed by atoms with Crippen molar-refractivity contribution in [3.63, 3.8) is 0 Å². The Morgan fingerprint density at radius 3 is 2.43 bits per heavy atom. The van der Waals surface area contributed by atoms with Gasteiger partial charge >= 0.3 is 0 Å². The molecule has 0 spiro atoms. The number of hydrogen-bond acceptors (Lipinski definition) is 6. The van der Waals surface area contributed by atoms with Crippen molar-refractivity contribution in [2.45, 2.75) is 13.8 Å². The average Bonchev–Trinajstić information content (AvgIpc) is 2.98. The highest BCUT2D eigenvalue weighted by Gasteiger charge is 2.36. The number of imide groups is 1. The summed E-state index contributed by atoms with van der Waals surface area (Å²) in [6.45, 7) is 4.29. The molecule has 156 valence electrons. The largest absolute Gasteiger partial charge is 0.490 e. The number of anilines is 1. The van der Waals surface area contributed by atoms with Crippen LogP contribution in [0.25, 0.3) is 6.08 Å². The standard InChI is InChI=1S/C22H22N2O5S/c1-3-28-17-11-10-16(13-18(17)29-4-2)23-20(25)14-24-21(26)19(30-22(24)27)12-15-8-6-5-7-9-15/h5-13H,3-4,14H2,1-2H3,(H,23,25)/b19-12+. The van der Waals surface area contributed by atoms with Gasteiger partial charge in [0.25, 0.3) is 11.1 Å². The Labute approximate surface area is 179 Å². The van der Waals surface area contributed by atoms with Gasteiger partial charge in [-0.3, -0.25) is 19.3 Å². The van der Waals surface area contributed by atoms with E-state index >= 15 is 0 Å². The molecule has 1 saturated heterocycles. The van der Waals surface area contributed by atoms with Gasteiger partial charge in [-0.05, 0) is 49.4 Å². The first-order valence-electron chi connectivity index (χ1n) is 9.51. The van der Waals surface area contributed by atoms with E-state index in [1.165, 1.54) is 0 Å². The number of thioether (sulfide) groups is 1. The van der Waals surface area contributed by atoms with Crippen molar-refractivity contribution in [3.8, 4) is 11.5 Å². The first kappa shape index (κ1) is 21.4. The highest BCUT2D eigenvalue weighted by Crippen LogP contribution is 2.33. The summed E-state index contributed by atoms with van der Waals surface area (Å²) < 4.78 is 11.0. The molecule has 0 unspecified atom stereocenters. The van der Waals surface area contributed by atoms with E-state index in [9.17, 15) is 14.4 Å². The molecule has 3 rings (SSSR count). The van der Waals surface area contributed by atoms with E-state index in [1.807, 2.05) is 44.2 Å². The van der Waals surface area contributed by atoms with Gasteiger partial charge in [-0.25, -0.2) is 0 Å². The van der Waals surface area contributed by atoms with Gasteiger partial charge in [0, 0.05) is 11.8 Å². The van der Waals surface area contributed by atoms with Crippen LogP contribution in [0.2, 0.25) is 0 Å². The average molecular weight is 426 g/mol. The lowest BCUT2D eigenvalue weighted by Gasteiger charge is -2.15. The van der Waals surface area contributed by atoms with Crippen molar-refractivity contribution in [1.82, 2.24) is 4.90 Å². The Morgan fingerprint density at radius 1 is 1.03 bits per heavy atom. The van der Waals surface area contributed by atoms with Crippen LogP contribution in [0.15, 0.2) is 53.4 Å². The second-order valence-electron chi connectivity index (χ2n) is 6.25. The van der Waals surface area contributed by atoms with Crippen molar-refractivity contribution in [1.29, 1.82) is 0 Å². The minimum absolute atomic E-state index is 0.290. The Balaban J connectivity index is 1.67. The van der Waals surface area contributed by atoms with E-state index < -0.39 is 17.1 Å². The molecule has 0 radical (unpaired) electrons. The molecular formula is C22H22N2O5S. The van der Waals surface area contributed by atoms with Gasteiger partial charge in [0.1, 0.15) is 6.54 Å². The molecule has 1 N–H and O–H groups in total. The van der Waals surface area contributed by atoms with Crippen LogP contribution in [0, 0.1) is 0 Å². The molecule has 7 nitrogen and oxygen atoms in total. The molecule has 1 fully saturated rings. The van der Waals surface area contributed by atoms with Crippen molar-refractivity contribution >= 4 is 40.6 Å². The molecule has 0 bridgehead atoms. The third kappa shape index (κ3) is 5.21. The van der Waals surface area contributed by atoms with E-state index in [0.29, 0.717) is 35.3 Å². The molecular weight excluding hydrogens is 404 g/mol. The number of ether oxygens (including phenoxy) is 2. The predicted molar refractivity (Wildman–Crippen MR) is 117 cm³/mol. The van der Waals surface area contributed by atoms with Crippen LogP contribution in [0.5, 0.6) is 11.5 Å². The normalized spacial score (nSPS) is 14.9. The van der Waals surface area contributed by atoms with Crippen LogP contribution in [0.4, 0.5) is 10.5 Å². The number of nitrogens with one attached hydrogen (secondary N) is 1. The predicted octanol–water partition coefficient (Wildman–Crippen LogP) is 4.16. The number of rotatable bonds is 8. The Hall–Kier alpha value is -3.26. The van der Waals surface area contributed by atoms with Gasteiger partial charge in [-0.15, -0.1) is 0 Å². The molecule has 8 heteroatoms. The van der Waals surface area contributed by atoms with Crippen LogP contribution >= 0.6 is 11.8 Å². The number of carbonyl (C=O) groups excluding carboxylic acids is 3. The summed E-state index contributed by atoms with van der Waals surface area (Å²) in [5.41, 5.74) is 1.30. The summed E-state index contributed by atoms with van der Waals surface area (Å²) in [7, 11) is 0. The van der Waals surface area contributed by atoms with Gasteiger partial charge in [0.2, 0.25) is 5.91 Å². The number of amides is 3. The fourth-order valence-electron chi connectivity index (χ4n) is 2.81. The third-order valence-corrected chi connectivity index (χ3v) is 5.01. The summed E-state index contributed by atoms with van der Waals surface area (Å²) in [5, 5.41) is 2.22. The smallest absolute Gasteiger partial charge is 0.294 e. The molecule has 3 amide bonds. The van der Waals surface area contributed by atoms with Crippen molar-refractivity contribution in [2.24, 2.45) is 0 Å². The summed E-state index contributed by atoms with van der Waals surface area (Å²) >= 11 is 0.823. The van der Waals surface area contributed by atoms with Crippen LogP contribution in [0.3, 0.4) is 0 Å². The zero-order valence-electron chi connectivity index (χ0n) is 16.7. The van der Waals surface area contributed by atoms with Crippen LogP contribution in [-0.2, 0) is 9.59 Å². The molecule has 0 atom stereocenters. The Kier molecular flexibility index (Phi) is 7.13. The highest BCUT2D eigenvalue weighted by molar-refractivity contribution is 8.18. The van der Waals surface area contributed by atoms with Gasteiger partial charge in [-0.1, -0.05) is 30.3 Å². The second kappa shape index (κ2) is 9.98. The van der Waals surface area contributed by atoms with E-state index in [2.05, 4.69) is 5.32 Å². The fraction of sp³-hybridized carbons (Fsp3) is 0.227. The Bertz CT molecular complexity index is 975. The van der Waals surface area contributed by atoms with Crippen molar-refractivity contribution < 1.29 is 23.9 Å². The van der Waals surface area contributed by atoms with E-state index in [4.69, 9.17) is 9.47 Å². The molecule has 1 aliphatic heterocycles. The zero-order valence-corrected chi connectivity index (χ0v) is 17.5. The molecule has 1 heterocycles. The molecule has 0 aromatic heterocycles. The summed E-state index contributed by atoms with van der Waals surface area (Å²) in [6.07, 6.45) is 1.64. The van der Waals surface area contributed by atoms with Crippen LogP contribution in [-0.4, -0.2) is 41.7 Å². The fourth-order valence-corrected chi connectivity index (χ4v) is 3.65. The number of hydrogen-bond donors (Lipinski definition) is 1.